The van der Waals surface area contributed by atoms with Crippen molar-refractivity contribution in [2.45, 2.75) is 96.7 Å². The van der Waals surface area contributed by atoms with E-state index < -0.39 is 34.8 Å². The van der Waals surface area contributed by atoms with Gasteiger partial charge in [-0.2, -0.15) is 0 Å². The second-order valence-electron chi connectivity index (χ2n) is 14.1. The van der Waals surface area contributed by atoms with E-state index >= 15 is 0 Å². The molecule has 45 heavy (non-hydrogen) atoms. The van der Waals surface area contributed by atoms with Crippen molar-refractivity contribution in [3.63, 3.8) is 0 Å². The fourth-order valence-electron chi connectivity index (χ4n) is 6.49. The lowest BCUT2D eigenvalue weighted by Crippen LogP contribution is -2.53. The Morgan fingerprint density at radius 1 is 1.09 bits per heavy atom. The maximum atomic E-state index is 14.5. The third-order valence-electron chi connectivity index (χ3n) is 9.15. The van der Waals surface area contributed by atoms with Crippen molar-refractivity contribution in [2.24, 2.45) is 22.4 Å². The number of nitrogens with zero attached hydrogens (tertiary/aromatic N) is 2. The molecule has 2 aliphatic heterocycles. The van der Waals surface area contributed by atoms with Gasteiger partial charge in [-0.15, -0.1) is 0 Å². The van der Waals surface area contributed by atoms with E-state index in [0.717, 1.165) is 24.1 Å². The molecule has 4 atom stereocenters. The summed E-state index contributed by atoms with van der Waals surface area (Å²) in [6.07, 6.45) is 3.91. The minimum atomic E-state index is -0.894. The highest BCUT2D eigenvalue weighted by molar-refractivity contribution is 6.38. The second kappa shape index (κ2) is 13.5. The van der Waals surface area contributed by atoms with Crippen molar-refractivity contribution < 1.29 is 24.0 Å². The van der Waals surface area contributed by atoms with Gasteiger partial charge in [0, 0.05) is 47.9 Å². The van der Waals surface area contributed by atoms with Gasteiger partial charge >= 0.3 is 0 Å². The highest BCUT2D eigenvalue weighted by atomic mass is 35.5. The van der Waals surface area contributed by atoms with E-state index in [-0.39, 0.29) is 43.3 Å². The molecule has 240 valence electrons. The van der Waals surface area contributed by atoms with E-state index in [9.17, 15) is 19.2 Å². The van der Waals surface area contributed by atoms with Crippen LogP contribution < -0.4 is 5.32 Å². The number of likely N-dealkylation sites (tertiary alicyclic amines) is 1. The molecule has 2 aromatic rings. The van der Waals surface area contributed by atoms with Crippen LogP contribution in [0.5, 0.6) is 0 Å². The molecule has 1 spiro atoms. The zero-order valence-electron chi connectivity index (χ0n) is 26.7. The van der Waals surface area contributed by atoms with Crippen molar-refractivity contribution in [1.82, 2.24) is 4.90 Å². The Bertz CT molecular complexity index is 1460. The van der Waals surface area contributed by atoms with E-state index in [1.54, 1.807) is 11.0 Å². The van der Waals surface area contributed by atoms with Crippen molar-refractivity contribution >= 4 is 46.3 Å². The lowest BCUT2D eigenvalue weighted by Gasteiger charge is -2.36. The molecule has 1 amide bonds. The quantitative estimate of drug-likeness (QED) is 0.248. The van der Waals surface area contributed by atoms with Crippen molar-refractivity contribution in [1.29, 1.82) is 0 Å². The Hall–Kier alpha value is -3.52. The molecule has 0 aromatic heterocycles. The maximum Gasteiger partial charge on any atom is 0.246 e. The molecule has 5 rings (SSSR count). The molecule has 2 aromatic carbocycles. The lowest BCUT2D eigenvalue weighted by molar-refractivity contribution is -0.143. The van der Waals surface area contributed by atoms with Gasteiger partial charge in [-0.25, -0.2) is 0 Å². The first-order valence-electron chi connectivity index (χ1n) is 16.1. The molecule has 3 aliphatic rings. The third kappa shape index (κ3) is 7.83. The van der Waals surface area contributed by atoms with Gasteiger partial charge in [0.25, 0.3) is 0 Å². The maximum absolute atomic E-state index is 14.5. The number of hydrogen-bond donors (Lipinski definition) is 1. The molecule has 2 heterocycles. The number of amides is 1. The number of ketones is 3. The summed E-state index contributed by atoms with van der Waals surface area (Å²) in [4.78, 5) is 62.4. The molecule has 8 nitrogen and oxygen atoms in total. The lowest BCUT2D eigenvalue weighted by atomic mass is 9.84. The molecule has 1 saturated heterocycles. The van der Waals surface area contributed by atoms with Gasteiger partial charge in [-0.05, 0) is 54.9 Å². The average Bonchev–Trinajstić information content (AvgIpc) is 3.60. The number of oxime groups is 1. The minimum absolute atomic E-state index is 0.0814. The van der Waals surface area contributed by atoms with Gasteiger partial charge in [0.15, 0.2) is 17.2 Å². The number of halogens is 1. The summed E-state index contributed by atoms with van der Waals surface area (Å²) in [6.45, 7) is 8.08. The summed E-state index contributed by atoms with van der Waals surface area (Å²) >= 11 is 6.25. The third-order valence-corrected chi connectivity index (χ3v) is 9.39. The van der Waals surface area contributed by atoms with Gasteiger partial charge in [-0.1, -0.05) is 81.2 Å². The normalized spacial score (nSPS) is 22.5. The molecule has 1 saturated carbocycles. The van der Waals surface area contributed by atoms with Crippen LogP contribution in [-0.2, 0) is 24.0 Å². The molecule has 1 aliphatic carbocycles. The molecule has 0 unspecified atom stereocenters. The number of carbonyl (C=O) groups excluding carboxylic acids is 4. The highest BCUT2D eigenvalue weighted by Crippen LogP contribution is 2.41. The highest BCUT2D eigenvalue weighted by Gasteiger charge is 2.55. The number of para-hydroxylation sites is 1. The van der Waals surface area contributed by atoms with E-state index in [4.69, 9.17) is 16.4 Å². The first-order chi connectivity index (χ1) is 21.4. The van der Waals surface area contributed by atoms with E-state index in [2.05, 4.69) is 10.5 Å². The standard InChI is InChI=1S/C36H44ClN3O5/c1-5-10-25(32(43)31(42)17-23-15-16-23)19-30(41)29-21-36(20-28(39-45-36)24-11-9-12-26(37)18-24)22-40(29)34(44)33(35(2,3)4)38-27-13-7-6-8-14-27/h6-9,11-14,18,23,25,29,33,38H,5,10,15-17,19-22H2,1-4H3/t25-,29+,33-,36-/m1/s1. The Labute approximate surface area is 270 Å². The Morgan fingerprint density at radius 3 is 2.47 bits per heavy atom. The number of anilines is 1. The molecule has 0 radical (unpaired) electrons. The molecule has 2 fully saturated rings. The van der Waals surface area contributed by atoms with Gasteiger partial charge in [0.1, 0.15) is 6.04 Å². The van der Waals surface area contributed by atoms with Crippen molar-refractivity contribution in [3.8, 4) is 0 Å². The summed E-state index contributed by atoms with van der Waals surface area (Å²) in [7, 11) is 0. The molecule has 0 bridgehead atoms. The number of hydrogen-bond acceptors (Lipinski definition) is 7. The first kappa shape index (κ1) is 32.9. The molecular formula is C36H44ClN3O5. The van der Waals surface area contributed by atoms with Crippen LogP contribution in [-0.4, -0.2) is 58.1 Å². The summed E-state index contributed by atoms with van der Waals surface area (Å²) in [6, 6.07) is 15.4. The summed E-state index contributed by atoms with van der Waals surface area (Å²) in [5.41, 5.74) is 0.944. The molecule has 9 heteroatoms. The van der Waals surface area contributed by atoms with Gasteiger partial charge < -0.3 is 15.1 Å². The van der Waals surface area contributed by atoms with E-state index in [1.165, 1.54) is 0 Å². The van der Waals surface area contributed by atoms with Crippen molar-refractivity contribution in [3.05, 3.63) is 65.2 Å². The zero-order valence-corrected chi connectivity index (χ0v) is 27.4. The number of carbonyl (C=O) groups is 4. The second-order valence-corrected chi connectivity index (χ2v) is 14.5. The Morgan fingerprint density at radius 2 is 1.82 bits per heavy atom. The number of rotatable bonds is 13. The van der Waals surface area contributed by atoms with Crippen molar-refractivity contribution in [2.75, 3.05) is 11.9 Å². The van der Waals surface area contributed by atoms with Crippen LogP contribution >= 0.6 is 11.6 Å². The number of nitrogens with one attached hydrogen (secondary N) is 1. The average molecular weight is 634 g/mol. The SMILES string of the molecule is CCC[C@H](CC(=O)[C@@H]1C[C@]2(CC(c3cccc(Cl)c3)=NO2)CN1C(=O)[C@@H](Nc1ccccc1)C(C)(C)C)C(=O)C(=O)CC1CC1. The van der Waals surface area contributed by atoms with Gasteiger partial charge in [0.2, 0.25) is 11.7 Å². The minimum Gasteiger partial charge on any atom is -0.387 e. The van der Waals surface area contributed by atoms with Crippen LogP contribution in [0.4, 0.5) is 5.69 Å². The molecule has 1 N–H and O–H groups in total. The van der Waals surface area contributed by atoms with Crippen LogP contribution in [0, 0.1) is 17.3 Å². The zero-order chi connectivity index (χ0) is 32.4. The van der Waals surface area contributed by atoms with E-state index in [1.807, 2.05) is 76.2 Å². The molecular weight excluding hydrogens is 590 g/mol. The number of benzene rings is 2. The fourth-order valence-corrected chi connectivity index (χ4v) is 6.68. The predicted octanol–water partition coefficient (Wildman–Crippen LogP) is 6.64. The predicted molar refractivity (Wildman–Crippen MR) is 175 cm³/mol. The van der Waals surface area contributed by atoms with Crippen LogP contribution in [0.2, 0.25) is 5.02 Å². The Kier molecular flexibility index (Phi) is 9.83. The van der Waals surface area contributed by atoms with Gasteiger partial charge in [0.05, 0.1) is 18.3 Å². The van der Waals surface area contributed by atoms with Crippen LogP contribution in [0.25, 0.3) is 0 Å². The van der Waals surface area contributed by atoms with Crippen LogP contribution in [0.15, 0.2) is 59.8 Å². The monoisotopic (exact) mass is 633 g/mol. The summed E-state index contributed by atoms with van der Waals surface area (Å²) in [5, 5.41) is 8.39. The fraction of sp³-hybridized carbons (Fsp3) is 0.528. The smallest absolute Gasteiger partial charge is 0.246 e. The first-order valence-corrected chi connectivity index (χ1v) is 16.5. The number of Topliss-reactive ketones (excluding diaryl/α,β-unsaturated/α-hetero) is 3. The van der Waals surface area contributed by atoms with E-state index in [0.29, 0.717) is 35.9 Å². The summed E-state index contributed by atoms with van der Waals surface area (Å²) in [5.74, 6) is -1.67. The largest absolute Gasteiger partial charge is 0.387 e. The van der Waals surface area contributed by atoms with Crippen LogP contribution in [0.3, 0.4) is 0 Å². The summed E-state index contributed by atoms with van der Waals surface area (Å²) < 4.78 is 0. The topological polar surface area (TPSA) is 105 Å². The van der Waals surface area contributed by atoms with Gasteiger partial charge in [-0.3, -0.25) is 19.2 Å². The van der Waals surface area contributed by atoms with Crippen LogP contribution in [0.1, 0.15) is 84.6 Å². The Balaban J connectivity index is 1.42.